The van der Waals surface area contributed by atoms with E-state index in [-0.39, 0.29) is 12.0 Å². The molecule has 0 heterocycles. The van der Waals surface area contributed by atoms with Gasteiger partial charge in [-0.3, -0.25) is 9.00 Å². The van der Waals surface area contributed by atoms with Gasteiger partial charge >= 0.3 is 5.97 Å². The van der Waals surface area contributed by atoms with E-state index in [0.717, 1.165) is 0 Å². The van der Waals surface area contributed by atoms with Gasteiger partial charge in [-0.25, -0.2) is 0 Å². The molecule has 0 aliphatic rings. The normalized spacial score (nSPS) is 14.6. The Kier molecular flexibility index (Phi) is 8.61. The van der Waals surface area contributed by atoms with Crippen LogP contribution in [0.5, 0.6) is 0 Å². The topological polar surface area (TPSA) is 55.4 Å². The number of esters is 1. The SMILES string of the molecule is CCOC(=O)CC(C)NCCS(=O)CC. The molecule has 0 spiro atoms. The molecule has 0 aliphatic heterocycles. The first-order valence-corrected chi connectivity index (χ1v) is 6.82. The molecule has 0 fully saturated rings. The van der Waals surface area contributed by atoms with Crippen LogP contribution in [0, 0.1) is 0 Å². The molecule has 90 valence electrons. The predicted molar refractivity (Wildman–Crippen MR) is 62.3 cm³/mol. The van der Waals surface area contributed by atoms with Crippen molar-refractivity contribution < 1.29 is 13.7 Å². The standard InChI is InChI=1S/C10H21NO3S/c1-4-14-10(12)8-9(3)11-6-7-15(13)5-2/h9,11H,4-8H2,1-3H3. The van der Waals surface area contributed by atoms with Crippen LogP contribution in [0.2, 0.25) is 0 Å². The highest BCUT2D eigenvalue weighted by Gasteiger charge is 2.08. The molecule has 0 bridgehead atoms. The van der Waals surface area contributed by atoms with Crippen LogP contribution in [0.25, 0.3) is 0 Å². The van der Waals surface area contributed by atoms with Gasteiger partial charge in [0.05, 0.1) is 13.0 Å². The molecule has 0 rings (SSSR count). The maximum atomic E-state index is 11.1. The van der Waals surface area contributed by atoms with E-state index in [1.807, 2.05) is 13.8 Å². The Balaban J connectivity index is 3.52. The molecule has 0 aliphatic carbocycles. The lowest BCUT2D eigenvalue weighted by atomic mass is 10.2. The molecule has 4 nitrogen and oxygen atoms in total. The molecule has 2 unspecified atom stereocenters. The Morgan fingerprint density at radius 2 is 2.13 bits per heavy atom. The van der Waals surface area contributed by atoms with Gasteiger partial charge in [0, 0.05) is 34.9 Å². The molecule has 0 saturated heterocycles. The summed E-state index contributed by atoms with van der Waals surface area (Å²) in [6, 6.07) is 0.0814. The molecular formula is C10H21NO3S. The lowest BCUT2D eigenvalue weighted by Gasteiger charge is -2.12. The summed E-state index contributed by atoms with van der Waals surface area (Å²) in [5.41, 5.74) is 0. The van der Waals surface area contributed by atoms with Crippen LogP contribution in [0.4, 0.5) is 0 Å². The van der Waals surface area contributed by atoms with E-state index in [2.05, 4.69) is 5.32 Å². The van der Waals surface area contributed by atoms with Crippen molar-refractivity contribution in [1.82, 2.24) is 5.32 Å². The van der Waals surface area contributed by atoms with Gasteiger partial charge in [0.2, 0.25) is 0 Å². The smallest absolute Gasteiger partial charge is 0.307 e. The fourth-order valence-corrected chi connectivity index (χ4v) is 1.74. The summed E-state index contributed by atoms with van der Waals surface area (Å²) in [5, 5.41) is 3.14. The van der Waals surface area contributed by atoms with Crippen LogP contribution in [-0.4, -0.2) is 40.9 Å². The summed E-state index contributed by atoms with van der Waals surface area (Å²) < 4.78 is 15.9. The monoisotopic (exact) mass is 235 g/mol. The van der Waals surface area contributed by atoms with Gasteiger partial charge < -0.3 is 10.1 Å². The second-order valence-electron chi connectivity index (χ2n) is 3.30. The summed E-state index contributed by atoms with van der Waals surface area (Å²) in [7, 11) is -0.738. The van der Waals surface area contributed by atoms with Crippen molar-refractivity contribution in [2.75, 3.05) is 24.7 Å². The van der Waals surface area contributed by atoms with Crippen LogP contribution in [0.1, 0.15) is 27.2 Å². The maximum Gasteiger partial charge on any atom is 0.307 e. The number of nitrogens with one attached hydrogen (secondary N) is 1. The van der Waals surface area contributed by atoms with Crippen LogP contribution in [-0.2, 0) is 20.3 Å². The molecule has 0 aromatic carbocycles. The molecule has 0 aromatic rings. The highest BCUT2D eigenvalue weighted by molar-refractivity contribution is 7.84. The minimum atomic E-state index is -0.738. The average Bonchev–Trinajstić information content (AvgIpc) is 2.17. The van der Waals surface area contributed by atoms with Gasteiger partial charge in [-0.05, 0) is 13.8 Å². The molecule has 0 radical (unpaired) electrons. The number of hydrogen-bond acceptors (Lipinski definition) is 4. The lowest BCUT2D eigenvalue weighted by Crippen LogP contribution is -2.32. The van der Waals surface area contributed by atoms with E-state index in [1.165, 1.54) is 0 Å². The van der Waals surface area contributed by atoms with E-state index in [0.29, 0.717) is 31.1 Å². The first-order chi connectivity index (χ1) is 7.10. The highest BCUT2D eigenvalue weighted by Crippen LogP contribution is 1.93. The predicted octanol–water partition coefficient (Wildman–Crippen LogP) is 0.686. The van der Waals surface area contributed by atoms with Crippen molar-refractivity contribution in [3.05, 3.63) is 0 Å². The zero-order valence-corrected chi connectivity index (χ0v) is 10.6. The minimum absolute atomic E-state index is 0.0814. The zero-order valence-electron chi connectivity index (χ0n) is 9.75. The van der Waals surface area contributed by atoms with Gasteiger partial charge in [-0.2, -0.15) is 0 Å². The van der Waals surface area contributed by atoms with Crippen LogP contribution >= 0.6 is 0 Å². The Bertz CT molecular complexity index is 209. The average molecular weight is 235 g/mol. The van der Waals surface area contributed by atoms with Crippen LogP contribution in [0.15, 0.2) is 0 Å². The number of carbonyl (C=O) groups is 1. The maximum absolute atomic E-state index is 11.1. The Labute approximate surface area is 94.2 Å². The molecular weight excluding hydrogens is 214 g/mol. The summed E-state index contributed by atoms with van der Waals surface area (Å²) in [5.74, 6) is 1.14. The third-order valence-corrected chi connectivity index (χ3v) is 3.23. The van der Waals surface area contributed by atoms with Gasteiger partial charge in [0.25, 0.3) is 0 Å². The zero-order chi connectivity index (χ0) is 11.7. The minimum Gasteiger partial charge on any atom is -0.466 e. The Hall–Kier alpha value is -0.420. The number of rotatable bonds is 8. The van der Waals surface area contributed by atoms with E-state index in [9.17, 15) is 9.00 Å². The highest BCUT2D eigenvalue weighted by atomic mass is 32.2. The molecule has 2 atom stereocenters. The van der Waals surface area contributed by atoms with Crippen LogP contribution in [0.3, 0.4) is 0 Å². The Morgan fingerprint density at radius 3 is 2.67 bits per heavy atom. The molecule has 0 saturated carbocycles. The number of ether oxygens (including phenoxy) is 1. The van der Waals surface area contributed by atoms with Gasteiger partial charge in [-0.15, -0.1) is 0 Å². The molecule has 0 amide bonds. The lowest BCUT2D eigenvalue weighted by molar-refractivity contribution is -0.143. The largest absolute Gasteiger partial charge is 0.466 e. The molecule has 1 N–H and O–H groups in total. The fourth-order valence-electron chi connectivity index (χ4n) is 1.11. The second kappa shape index (κ2) is 8.85. The number of carbonyl (C=O) groups excluding carboxylic acids is 1. The van der Waals surface area contributed by atoms with E-state index in [4.69, 9.17) is 4.74 Å². The van der Waals surface area contributed by atoms with Crippen molar-refractivity contribution in [3.63, 3.8) is 0 Å². The van der Waals surface area contributed by atoms with Crippen LogP contribution < -0.4 is 5.32 Å². The first-order valence-electron chi connectivity index (χ1n) is 5.34. The summed E-state index contributed by atoms with van der Waals surface area (Å²) in [4.78, 5) is 11.1. The molecule has 15 heavy (non-hydrogen) atoms. The Morgan fingerprint density at radius 1 is 1.47 bits per heavy atom. The fraction of sp³-hybridized carbons (Fsp3) is 0.900. The van der Waals surface area contributed by atoms with Crippen molar-refractivity contribution in [2.45, 2.75) is 33.2 Å². The summed E-state index contributed by atoms with van der Waals surface area (Å²) >= 11 is 0. The van der Waals surface area contributed by atoms with Crippen molar-refractivity contribution in [2.24, 2.45) is 0 Å². The van der Waals surface area contributed by atoms with E-state index < -0.39 is 10.8 Å². The van der Waals surface area contributed by atoms with E-state index >= 15 is 0 Å². The molecule has 5 heteroatoms. The third-order valence-electron chi connectivity index (χ3n) is 1.92. The van der Waals surface area contributed by atoms with E-state index in [1.54, 1.807) is 6.92 Å². The molecule has 0 aromatic heterocycles. The third kappa shape index (κ3) is 8.57. The summed E-state index contributed by atoms with van der Waals surface area (Å²) in [6.07, 6.45) is 0.368. The number of hydrogen-bond donors (Lipinski definition) is 1. The van der Waals surface area contributed by atoms with Gasteiger partial charge in [0.1, 0.15) is 0 Å². The van der Waals surface area contributed by atoms with Gasteiger partial charge in [-0.1, -0.05) is 6.92 Å². The van der Waals surface area contributed by atoms with Gasteiger partial charge in [0.15, 0.2) is 0 Å². The van der Waals surface area contributed by atoms with Crippen molar-refractivity contribution >= 4 is 16.8 Å². The first kappa shape index (κ1) is 14.6. The summed E-state index contributed by atoms with van der Waals surface area (Å²) in [6.45, 7) is 6.72. The second-order valence-corrected chi connectivity index (χ2v) is 5.16. The van der Waals surface area contributed by atoms with Crippen molar-refractivity contribution in [1.29, 1.82) is 0 Å². The quantitative estimate of drug-likeness (QED) is 0.629. The van der Waals surface area contributed by atoms with Crippen molar-refractivity contribution in [3.8, 4) is 0 Å².